The van der Waals surface area contributed by atoms with Crippen molar-refractivity contribution in [1.82, 2.24) is 0 Å². The fraction of sp³-hybridized carbons (Fsp3) is 1.00. The van der Waals surface area contributed by atoms with Gasteiger partial charge in [-0.3, -0.25) is 0 Å². The van der Waals surface area contributed by atoms with Gasteiger partial charge in [0.05, 0.1) is 25.9 Å². The molecule has 2 atom stereocenters. The first kappa shape index (κ1) is 10.4. The van der Waals surface area contributed by atoms with Gasteiger partial charge in [-0.2, -0.15) is 0 Å². The lowest BCUT2D eigenvalue weighted by Crippen LogP contribution is -2.29. The summed E-state index contributed by atoms with van der Waals surface area (Å²) in [5, 5.41) is 0. The summed E-state index contributed by atoms with van der Waals surface area (Å²) in [6, 6.07) is 0. The van der Waals surface area contributed by atoms with Crippen molar-refractivity contribution in [3.63, 3.8) is 0 Å². The maximum atomic E-state index is 5.94. The molecule has 2 aliphatic rings. The molecular weight excluding hydrogens is 180 g/mol. The molecule has 1 heterocycles. The first-order valence-electron chi connectivity index (χ1n) is 5.71. The molecule has 1 aliphatic heterocycles. The third-order valence-electron chi connectivity index (χ3n) is 2.98. The van der Waals surface area contributed by atoms with Crippen LogP contribution in [0, 0.1) is 5.92 Å². The largest absolute Gasteiger partial charge is 0.379 e. The van der Waals surface area contributed by atoms with Crippen LogP contribution in [0.1, 0.15) is 32.6 Å². The van der Waals surface area contributed by atoms with E-state index in [9.17, 15) is 0 Å². The minimum Gasteiger partial charge on any atom is -0.379 e. The van der Waals surface area contributed by atoms with Gasteiger partial charge in [0.25, 0.3) is 0 Å². The van der Waals surface area contributed by atoms with E-state index in [4.69, 9.17) is 14.2 Å². The maximum Gasteiger partial charge on any atom is 0.162 e. The standard InChI is InChI=1S/C11H20O3/c1-9-8-12-6-7-13-11(9)14-10-4-2-3-5-10/h9-11H,2-8H2,1H3/t9-,11+/m1/s1. The molecule has 3 nitrogen and oxygen atoms in total. The number of rotatable bonds is 2. The highest BCUT2D eigenvalue weighted by Crippen LogP contribution is 2.25. The zero-order valence-corrected chi connectivity index (χ0v) is 8.91. The van der Waals surface area contributed by atoms with Crippen molar-refractivity contribution in [3.8, 4) is 0 Å². The highest BCUT2D eigenvalue weighted by Gasteiger charge is 2.26. The van der Waals surface area contributed by atoms with Gasteiger partial charge < -0.3 is 14.2 Å². The summed E-state index contributed by atoms with van der Waals surface area (Å²) >= 11 is 0. The zero-order valence-electron chi connectivity index (χ0n) is 8.91. The summed E-state index contributed by atoms with van der Waals surface area (Å²) in [6.45, 7) is 4.26. The van der Waals surface area contributed by atoms with Gasteiger partial charge >= 0.3 is 0 Å². The van der Waals surface area contributed by atoms with Crippen molar-refractivity contribution >= 4 is 0 Å². The molecule has 2 fully saturated rings. The van der Waals surface area contributed by atoms with Gasteiger partial charge in [0.15, 0.2) is 6.29 Å². The summed E-state index contributed by atoms with van der Waals surface area (Å²) in [5.74, 6) is 0.359. The molecule has 0 aromatic heterocycles. The van der Waals surface area contributed by atoms with Crippen LogP contribution in [0.4, 0.5) is 0 Å². The van der Waals surface area contributed by atoms with Crippen LogP contribution in [-0.2, 0) is 14.2 Å². The van der Waals surface area contributed by atoms with Crippen LogP contribution < -0.4 is 0 Å². The van der Waals surface area contributed by atoms with Crippen LogP contribution >= 0.6 is 0 Å². The predicted molar refractivity (Wildman–Crippen MR) is 53.1 cm³/mol. The fourth-order valence-corrected chi connectivity index (χ4v) is 2.12. The van der Waals surface area contributed by atoms with E-state index in [0.29, 0.717) is 25.2 Å². The molecule has 0 spiro atoms. The highest BCUT2D eigenvalue weighted by atomic mass is 16.7. The maximum absolute atomic E-state index is 5.94. The fourth-order valence-electron chi connectivity index (χ4n) is 2.12. The zero-order chi connectivity index (χ0) is 9.80. The van der Waals surface area contributed by atoms with E-state index < -0.39 is 0 Å². The second-order valence-corrected chi connectivity index (χ2v) is 4.33. The number of ether oxygens (including phenoxy) is 3. The first-order chi connectivity index (χ1) is 6.86. The van der Waals surface area contributed by atoms with Gasteiger partial charge in [0.2, 0.25) is 0 Å². The highest BCUT2D eigenvalue weighted by molar-refractivity contribution is 4.69. The van der Waals surface area contributed by atoms with E-state index in [0.717, 1.165) is 6.61 Å². The Morgan fingerprint density at radius 3 is 2.71 bits per heavy atom. The van der Waals surface area contributed by atoms with E-state index in [2.05, 4.69) is 6.92 Å². The lowest BCUT2D eigenvalue weighted by molar-refractivity contribution is -0.185. The minimum absolute atomic E-state index is 0.0411. The molecule has 0 aromatic carbocycles. The lowest BCUT2D eigenvalue weighted by atomic mass is 10.2. The minimum atomic E-state index is -0.0411. The Hall–Kier alpha value is -0.120. The summed E-state index contributed by atoms with van der Waals surface area (Å²) in [4.78, 5) is 0. The van der Waals surface area contributed by atoms with Gasteiger partial charge in [-0.15, -0.1) is 0 Å². The number of hydrogen-bond acceptors (Lipinski definition) is 3. The van der Waals surface area contributed by atoms with Crippen LogP contribution in [0.5, 0.6) is 0 Å². The topological polar surface area (TPSA) is 27.7 Å². The monoisotopic (exact) mass is 200 g/mol. The second-order valence-electron chi connectivity index (χ2n) is 4.33. The molecule has 0 N–H and O–H groups in total. The van der Waals surface area contributed by atoms with Crippen molar-refractivity contribution in [1.29, 1.82) is 0 Å². The van der Waals surface area contributed by atoms with Crippen molar-refractivity contribution in [2.24, 2.45) is 5.92 Å². The molecule has 0 aromatic rings. The van der Waals surface area contributed by atoms with Crippen LogP contribution in [0.2, 0.25) is 0 Å². The van der Waals surface area contributed by atoms with E-state index in [1.807, 2.05) is 0 Å². The SMILES string of the molecule is C[C@@H]1COCCO[C@H]1OC1CCCC1. The third kappa shape index (κ3) is 2.69. The predicted octanol–water partition coefficient (Wildman–Crippen LogP) is 1.95. The second kappa shape index (κ2) is 5.10. The van der Waals surface area contributed by atoms with E-state index >= 15 is 0 Å². The molecule has 0 amide bonds. The molecule has 0 unspecified atom stereocenters. The van der Waals surface area contributed by atoms with Gasteiger partial charge in [-0.25, -0.2) is 0 Å². The molecule has 0 radical (unpaired) electrons. The molecule has 1 aliphatic carbocycles. The molecule has 82 valence electrons. The molecule has 0 bridgehead atoms. The molecule has 14 heavy (non-hydrogen) atoms. The lowest BCUT2D eigenvalue weighted by Gasteiger charge is -2.24. The normalized spacial score (nSPS) is 35.8. The molecule has 3 heteroatoms. The van der Waals surface area contributed by atoms with Crippen molar-refractivity contribution < 1.29 is 14.2 Å². The Bertz CT molecular complexity index is 166. The average Bonchev–Trinajstić information content (AvgIpc) is 2.60. The van der Waals surface area contributed by atoms with Gasteiger partial charge in [0.1, 0.15) is 0 Å². The Morgan fingerprint density at radius 2 is 1.93 bits per heavy atom. The summed E-state index contributed by atoms with van der Waals surface area (Å²) in [5.41, 5.74) is 0. The number of hydrogen-bond donors (Lipinski definition) is 0. The summed E-state index contributed by atoms with van der Waals surface area (Å²) in [7, 11) is 0. The Morgan fingerprint density at radius 1 is 1.14 bits per heavy atom. The summed E-state index contributed by atoms with van der Waals surface area (Å²) in [6.07, 6.45) is 5.41. The Labute approximate surface area is 85.7 Å². The molecule has 1 saturated heterocycles. The van der Waals surface area contributed by atoms with Crippen LogP contribution in [0.15, 0.2) is 0 Å². The average molecular weight is 200 g/mol. The van der Waals surface area contributed by atoms with Gasteiger partial charge in [-0.1, -0.05) is 19.8 Å². The van der Waals surface area contributed by atoms with Crippen molar-refractivity contribution in [3.05, 3.63) is 0 Å². The summed E-state index contributed by atoms with van der Waals surface area (Å²) < 4.78 is 17.0. The van der Waals surface area contributed by atoms with Crippen LogP contribution in [0.25, 0.3) is 0 Å². The van der Waals surface area contributed by atoms with Gasteiger partial charge in [-0.05, 0) is 12.8 Å². The van der Waals surface area contributed by atoms with Crippen molar-refractivity contribution in [2.45, 2.75) is 45.0 Å². The van der Waals surface area contributed by atoms with Gasteiger partial charge in [0, 0.05) is 5.92 Å². The Kier molecular flexibility index (Phi) is 3.79. The van der Waals surface area contributed by atoms with Crippen LogP contribution in [-0.4, -0.2) is 32.2 Å². The Balaban J connectivity index is 1.81. The van der Waals surface area contributed by atoms with E-state index in [1.54, 1.807) is 0 Å². The quantitative estimate of drug-likeness (QED) is 0.682. The first-order valence-corrected chi connectivity index (χ1v) is 5.71. The third-order valence-corrected chi connectivity index (χ3v) is 2.98. The van der Waals surface area contributed by atoms with Crippen molar-refractivity contribution in [2.75, 3.05) is 19.8 Å². The molecular formula is C11H20O3. The van der Waals surface area contributed by atoms with E-state index in [-0.39, 0.29) is 6.29 Å². The molecule has 2 rings (SSSR count). The molecule has 1 saturated carbocycles. The smallest absolute Gasteiger partial charge is 0.162 e. The van der Waals surface area contributed by atoms with Crippen LogP contribution in [0.3, 0.4) is 0 Å². The van der Waals surface area contributed by atoms with E-state index in [1.165, 1.54) is 25.7 Å².